The number of hydrogen-bond acceptors (Lipinski definition) is 3. The Morgan fingerprint density at radius 3 is 2.75 bits per heavy atom. The zero-order valence-corrected chi connectivity index (χ0v) is 8.98. The molecule has 0 spiro atoms. The van der Waals surface area contributed by atoms with E-state index < -0.39 is 0 Å². The van der Waals surface area contributed by atoms with Crippen molar-refractivity contribution in [2.24, 2.45) is 0 Å². The fraction of sp³-hybridized carbons (Fsp3) is 0.231. The van der Waals surface area contributed by atoms with Gasteiger partial charge in [-0.3, -0.25) is 0 Å². The van der Waals surface area contributed by atoms with E-state index in [9.17, 15) is 0 Å². The summed E-state index contributed by atoms with van der Waals surface area (Å²) in [6.07, 6.45) is 6.18. The lowest BCUT2D eigenvalue weighted by atomic mass is 10.0. The Balaban J connectivity index is 2.39. The first kappa shape index (κ1) is 10.8. The average Bonchev–Trinajstić information content (AvgIpc) is 2.73. The van der Waals surface area contributed by atoms with E-state index in [1.807, 2.05) is 24.3 Å². The third-order valence-corrected chi connectivity index (χ3v) is 2.40. The van der Waals surface area contributed by atoms with Crippen molar-refractivity contribution < 1.29 is 14.6 Å². The smallest absolute Gasteiger partial charge is 0.231 e. The fourth-order valence-electron chi connectivity index (χ4n) is 1.67. The second-order valence-corrected chi connectivity index (χ2v) is 3.48. The van der Waals surface area contributed by atoms with Gasteiger partial charge < -0.3 is 14.6 Å². The van der Waals surface area contributed by atoms with E-state index in [0.717, 1.165) is 29.0 Å². The maximum Gasteiger partial charge on any atom is 0.231 e. The zero-order valence-electron chi connectivity index (χ0n) is 8.98. The Bertz CT molecular complexity index is 421. The first-order valence-corrected chi connectivity index (χ1v) is 5.16. The summed E-state index contributed by atoms with van der Waals surface area (Å²) in [7, 11) is 0. The van der Waals surface area contributed by atoms with Gasteiger partial charge in [-0.25, -0.2) is 0 Å². The highest BCUT2D eigenvalue weighted by Gasteiger charge is 2.15. The van der Waals surface area contributed by atoms with Crippen LogP contribution < -0.4 is 9.47 Å². The van der Waals surface area contributed by atoms with E-state index in [1.54, 1.807) is 6.08 Å². The van der Waals surface area contributed by atoms with E-state index in [4.69, 9.17) is 14.6 Å². The summed E-state index contributed by atoms with van der Waals surface area (Å²) in [5, 5.41) is 8.78. The number of ether oxygens (including phenoxy) is 2. The Kier molecular flexibility index (Phi) is 3.27. The van der Waals surface area contributed by atoms with Gasteiger partial charge in [-0.15, -0.1) is 6.58 Å². The number of benzene rings is 1. The lowest BCUT2D eigenvalue weighted by Gasteiger charge is -2.05. The normalized spacial score (nSPS) is 13.3. The van der Waals surface area contributed by atoms with Crippen LogP contribution in [0.5, 0.6) is 11.5 Å². The summed E-state index contributed by atoms with van der Waals surface area (Å²) in [5.74, 6) is 1.53. The van der Waals surface area contributed by atoms with Gasteiger partial charge in [0.15, 0.2) is 11.5 Å². The van der Waals surface area contributed by atoms with E-state index in [2.05, 4.69) is 6.58 Å². The van der Waals surface area contributed by atoms with Gasteiger partial charge in [-0.05, 0) is 29.7 Å². The molecule has 3 nitrogen and oxygen atoms in total. The average molecular weight is 218 g/mol. The van der Waals surface area contributed by atoms with Crippen molar-refractivity contribution in [1.29, 1.82) is 0 Å². The molecular weight excluding hydrogens is 204 g/mol. The summed E-state index contributed by atoms with van der Waals surface area (Å²) in [6, 6.07) is 3.88. The molecule has 0 saturated carbocycles. The van der Waals surface area contributed by atoms with Crippen LogP contribution in [0.2, 0.25) is 0 Å². The molecule has 1 aromatic carbocycles. The van der Waals surface area contributed by atoms with Gasteiger partial charge in [-0.2, -0.15) is 0 Å². The van der Waals surface area contributed by atoms with Crippen molar-refractivity contribution in [3.8, 4) is 11.5 Å². The maximum absolute atomic E-state index is 8.78. The summed E-state index contributed by atoms with van der Waals surface area (Å²) in [5.41, 5.74) is 2.14. The van der Waals surface area contributed by atoms with Crippen molar-refractivity contribution in [1.82, 2.24) is 0 Å². The molecule has 0 bridgehead atoms. The van der Waals surface area contributed by atoms with Crippen molar-refractivity contribution in [2.45, 2.75) is 6.42 Å². The third-order valence-electron chi connectivity index (χ3n) is 2.40. The highest BCUT2D eigenvalue weighted by molar-refractivity contribution is 5.61. The molecule has 0 atom stereocenters. The molecule has 1 aliphatic rings. The molecule has 16 heavy (non-hydrogen) atoms. The van der Waals surface area contributed by atoms with Gasteiger partial charge in [0.2, 0.25) is 6.79 Å². The van der Waals surface area contributed by atoms with Crippen LogP contribution in [-0.4, -0.2) is 18.5 Å². The lowest BCUT2D eigenvalue weighted by Crippen LogP contribution is -1.92. The molecule has 0 unspecified atom stereocenters. The van der Waals surface area contributed by atoms with Crippen molar-refractivity contribution >= 4 is 6.08 Å². The first-order valence-electron chi connectivity index (χ1n) is 5.16. The molecule has 3 heteroatoms. The molecule has 0 radical (unpaired) electrons. The molecule has 0 aromatic heterocycles. The van der Waals surface area contributed by atoms with Gasteiger partial charge in [-0.1, -0.05) is 18.2 Å². The summed E-state index contributed by atoms with van der Waals surface area (Å²) in [4.78, 5) is 0. The van der Waals surface area contributed by atoms with Crippen molar-refractivity contribution in [3.05, 3.63) is 42.0 Å². The summed E-state index contributed by atoms with van der Waals surface area (Å²) in [6.45, 7) is 4.03. The molecule has 0 amide bonds. The highest BCUT2D eigenvalue weighted by atomic mass is 16.7. The van der Waals surface area contributed by atoms with Crippen LogP contribution in [0.3, 0.4) is 0 Å². The molecule has 1 aliphatic heterocycles. The van der Waals surface area contributed by atoms with Gasteiger partial charge in [0.25, 0.3) is 0 Å². The molecule has 1 heterocycles. The Labute approximate surface area is 94.6 Å². The van der Waals surface area contributed by atoms with Crippen LogP contribution in [0.15, 0.2) is 30.9 Å². The van der Waals surface area contributed by atoms with Crippen molar-refractivity contribution in [2.75, 3.05) is 13.4 Å². The highest BCUT2D eigenvalue weighted by Crippen LogP contribution is 2.35. The minimum Gasteiger partial charge on any atom is -0.454 e. The number of hydrogen-bond donors (Lipinski definition) is 1. The first-order chi connectivity index (χ1) is 7.85. The number of fused-ring (bicyclic) bond motifs is 1. The van der Waals surface area contributed by atoms with Gasteiger partial charge in [0, 0.05) is 0 Å². The topological polar surface area (TPSA) is 38.7 Å². The monoisotopic (exact) mass is 218 g/mol. The Morgan fingerprint density at radius 1 is 1.31 bits per heavy atom. The second kappa shape index (κ2) is 4.86. The Hall–Kier alpha value is -1.74. The summed E-state index contributed by atoms with van der Waals surface area (Å²) >= 11 is 0. The van der Waals surface area contributed by atoms with E-state index in [0.29, 0.717) is 0 Å². The molecule has 1 N–H and O–H groups in total. The third kappa shape index (κ3) is 2.09. The molecular formula is C13H14O3. The molecule has 1 aromatic rings. The molecule has 2 rings (SSSR count). The van der Waals surface area contributed by atoms with Crippen molar-refractivity contribution in [3.63, 3.8) is 0 Å². The van der Waals surface area contributed by atoms with E-state index in [1.165, 1.54) is 0 Å². The van der Waals surface area contributed by atoms with Crippen LogP contribution in [0.25, 0.3) is 6.08 Å². The largest absolute Gasteiger partial charge is 0.454 e. The van der Waals surface area contributed by atoms with Crippen LogP contribution in [0, 0.1) is 0 Å². The standard InChI is InChI=1S/C13H14O3/c1-2-4-10-7-12-13(16-9-15-12)8-11(10)5-3-6-14/h2-3,5,7-8,14H,1,4,6,9H2/b5-3+. The lowest BCUT2D eigenvalue weighted by molar-refractivity contribution is 0.174. The predicted octanol–water partition coefficient (Wildman–Crippen LogP) is 2.15. The number of rotatable bonds is 4. The van der Waals surface area contributed by atoms with E-state index in [-0.39, 0.29) is 13.4 Å². The van der Waals surface area contributed by atoms with Crippen LogP contribution in [-0.2, 0) is 6.42 Å². The minimum atomic E-state index is 0.0297. The fourth-order valence-corrected chi connectivity index (χ4v) is 1.67. The summed E-state index contributed by atoms with van der Waals surface area (Å²) < 4.78 is 10.6. The van der Waals surface area contributed by atoms with Gasteiger partial charge in [0.1, 0.15) is 0 Å². The second-order valence-electron chi connectivity index (χ2n) is 3.48. The predicted molar refractivity (Wildman–Crippen MR) is 62.6 cm³/mol. The maximum atomic E-state index is 8.78. The molecule has 0 aliphatic carbocycles. The van der Waals surface area contributed by atoms with Crippen LogP contribution >= 0.6 is 0 Å². The van der Waals surface area contributed by atoms with Crippen LogP contribution in [0.4, 0.5) is 0 Å². The Morgan fingerprint density at radius 2 is 2.06 bits per heavy atom. The molecule has 0 fully saturated rings. The molecule has 0 saturated heterocycles. The van der Waals surface area contributed by atoms with Gasteiger partial charge in [0.05, 0.1) is 6.61 Å². The van der Waals surface area contributed by atoms with Gasteiger partial charge >= 0.3 is 0 Å². The molecule has 84 valence electrons. The number of allylic oxidation sites excluding steroid dienone is 1. The van der Waals surface area contributed by atoms with Crippen LogP contribution in [0.1, 0.15) is 11.1 Å². The van der Waals surface area contributed by atoms with E-state index >= 15 is 0 Å². The zero-order chi connectivity index (χ0) is 11.4. The minimum absolute atomic E-state index is 0.0297. The number of aliphatic hydroxyl groups excluding tert-OH is 1. The quantitative estimate of drug-likeness (QED) is 0.787. The number of aliphatic hydroxyl groups is 1. The SMILES string of the molecule is C=CCc1cc2c(cc1/C=C/CO)OCO2.